The van der Waals surface area contributed by atoms with Crippen molar-refractivity contribution < 1.29 is 14.7 Å². The Bertz CT molecular complexity index is 625. The minimum atomic E-state index is -1.13. The van der Waals surface area contributed by atoms with E-state index in [4.69, 9.17) is 0 Å². The molecule has 1 amide bonds. The lowest BCUT2D eigenvalue weighted by atomic mass is 9.80. The normalized spacial score (nSPS) is 13.2. The Morgan fingerprint density at radius 1 is 1.30 bits per heavy atom. The molecule has 1 unspecified atom stereocenters. The molecule has 1 aromatic heterocycles. The molecule has 0 spiro atoms. The number of aromatic nitrogens is 1. The minimum Gasteiger partial charge on any atom is -0.481 e. The number of carbonyl (C=O) groups excluding carboxylic acids is 1. The molecule has 2 aromatic rings. The number of fused-ring (bicyclic) bond motifs is 1. The number of rotatable bonds is 3. The average Bonchev–Trinajstić information content (AvgIpc) is 2.67. The van der Waals surface area contributed by atoms with E-state index in [2.05, 4.69) is 10.3 Å². The number of hydrogen-bond acceptors (Lipinski definition) is 4. The molecule has 0 bridgehead atoms. The van der Waals surface area contributed by atoms with Crippen molar-refractivity contribution >= 4 is 38.6 Å². The number of carboxylic acids is 1. The third-order valence-corrected chi connectivity index (χ3v) is 3.85. The Hall–Kier alpha value is -1.95. The number of thiazole rings is 1. The van der Waals surface area contributed by atoms with Gasteiger partial charge in [-0.15, -0.1) is 0 Å². The molecule has 106 valence electrons. The molecule has 0 aliphatic heterocycles. The summed E-state index contributed by atoms with van der Waals surface area (Å²) >= 11 is 1.33. The van der Waals surface area contributed by atoms with Gasteiger partial charge < -0.3 is 10.4 Å². The van der Waals surface area contributed by atoms with Crippen LogP contribution in [0.5, 0.6) is 0 Å². The zero-order chi connectivity index (χ0) is 14.9. The molecule has 0 fully saturated rings. The molecule has 5 nitrogen and oxygen atoms in total. The predicted molar refractivity (Wildman–Crippen MR) is 78.8 cm³/mol. The molecule has 1 aromatic carbocycles. The van der Waals surface area contributed by atoms with Gasteiger partial charge in [0.15, 0.2) is 5.13 Å². The summed E-state index contributed by atoms with van der Waals surface area (Å²) in [6.07, 6.45) is 0. The third kappa shape index (κ3) is 2.96. The van der Waals surface area contributed by atoms with Gasteiger partial charge in [0.2, 0.25) is 5.91 Å². The average molecular weight is 292 g/mol. The fraction of sp³-hybridized carbons (Fsp3) is 0.357. The maximum absolute atomic E-state index is 12.2. The van der Waals surface area contributed by atoms with Crippen LogP contribution in [0.2, 0.25) is 0 Å². The Labute approximate surface area is 120 Å². The number of carbonyl (C=O) groups is 2. The third-order valence-electron chi connectivity index (χ3n) is 2.90. The second kappa shape index (κ2) is 5.20. The molecular formula is C14H16N2O3S. The number of carboxylic acid groups (broad SMARTS) is 1. The molecule has 6 heteroatoms. The lowest BCUT2D eigenvalue weighted by Crippen LogP contribution is -2.39. The number of nitrogens with zero attached hydrogens (tertiary/aromatic N) is 1. The number of para-hydroxylation sites is 1. The summed E-state index contributed by atoms with van der Waals surface area (Å²) in [6.45, 7) is 5.18. The summed E-state index contributed by atoms with van der Waals surface area (Å²) in [7, 11) is 0. The highest BCUT2D eigenvalue weighted by Gasteiger charge is 2.38. The highest BCUT2D eigenvalue weighted by atomic mass is 32.1. The molecule has 0 saturated heterocycles. The first-order valence-electron chi connectivity index (χ1n) is 6.18. The molecule has 1 atom stereocenters. The van der Waals surface area contributed by atoms with Crippen molar-refractivity contribution in [2.75, 3.05) is 5.32 Å². The maximum Gasteiger partial charge on any atom is 0.316 e. The molecule has 1 heterocycles. The van der Waals surface area contributed by atoms with Crippen LogP contribution in [-0.4, -0.2) is 22.0 Å². The molecule has 20 heavy (non-hydrogen) atoms. The van der Waals surface area contributed by atoms with Crippen LogP contribution in [0.3, 0.4) is 0 Å². The van der Waals surface area contributed by atoms with Crippen molar-refractivity contribution in [1.29, 1.82) is 0 Å². The molecule has 2 rings (SSSR count). The van der Waals surface area contributed by atoms with Gasteiger partial charge in [-0.1, -0.05) is 44.2 Å². The Kier molecular flexibility index (Phi) is 3.76. The van der Waals surface area contributed by atoms with Crippen LogP contribution in [0.15, 0.2) is 24.3 Å². The fourth-order valence-corrected chi connectivity index (χ4v) is 2.85. The molecular weight excluding hydrogens is 276 g/mol. The highest BCUT2D eigenvalue weighted by Crippen LogP contribution is 2.30. The molecule has 0 saturated carbocycles. The van der Waals surface area contributed by atoms with Gasteiger partial charge in [0.1, 0.15) is 5.92 Å². The van der Waals surface area contributed by atoms with E-state index in [0.29, 0.717) is 5.13 Å². The number of anilines is 1. The Balaban J connectivity index is 2.24. The maximum atomic E-state index is 12.2. The summed E-state index contributed by atoms with van der Waals surface area (Å²) in [5, 5.41) is 12.2. The van der Waals surface area contributed by atoms with E-state index >= 15 is 0 Å². The zero-order valence-corrected chi connectivity index (χ0v) is 12.3. The summed E-state index contributed by atoms with van der Waals surface area (Å²) in [6, 6.07) is 7.51. The van der Waals surface area contributed by atoms with Crippen LogP contribution >= 0.6 is 11.3 Å². The van der Waals surface area contributed by atoms with E-state index in [9.17, 15) is 14.7 Å². The molecule has 0 radical (unpaired) electrons. The first-order valence-corrected chi connectivity index (χ1v) is 7.00. The van der Waals surface area contributed by atoms with Gasteiger partial charge in [-0.25, -0.2) is 4.98 Å². The van der Waals surface area contributed by atoms with Crippen LogP contribution in [0.25, 0.3) is 10.2 Å². The first kappa shape index (κ1) is 14.5. The Morgan fingerprint density at radius 2 is 1.95 bits per heavy atom. The number of nitrogens with one attached hydrogen (secondary N) is 1. The van der Waals surface area contributed by atoms with E-state index in [1.54, 1.807) is 20.8 Å². The lowest BCUT2D eigenvalue weighted by molar-refractivity contribution is -0.149. The summed E-state index contributed by atoms with van der Waals surface area (Å²) in [5.41, 5.74) is 0.127. The summed E-state index contributed by atoms with van der Waals surface area (Å²) in [4.78, 5) is 27.7. The van der Waals surface area contributed by atoms with Crippen LogP contribution in [-0.2, 0) is 9.59 Å². The van der Waals surface area contributed by atoms with Gasteiger partial charge in [0.25, 0.3) is 0 Å². The number of hydrogen-bond donors (Lipinski definition) is 2. The van der Waals surface area contributed by atoms with E-state index in [-0.39, 0.29) is 0 Å². The highest BCUT2D eigenvalue weighted by molar-refractivity contribution is 7.22. The van der Waals surface area contributed by atoms with Crippen molar-refractivity contribution in [3.63, 3.8) is 0 Å². The minimum absolute atomic E-state index is 0.423. The van der Waals surface area contributed by atoms with Gasteiger partial charge in [0, 0.05) is 0 Å². The van der Waals surface area contributed by atoms with E-state index in [0.717, 1.165) is 10.2 Å². The second-order valence-corrected chi connectivity index (χ2v) is 6.64. The van der Waals surface area contributed by atoms with Gasteiger partial charge in [-0.05, 0) is 17.5 Å². The standard InChI is InChI=1S/C14H16N2O3S/c1-14(2,3)10(12(18)19)11(17)16-13-15-8-6-4-5-7-9(8)20-13/h4-7,10H,1-3H3,(H,18,19)(H,15,16,17). The number of benzene rings is 1. The predicted octanol–water partition coefficient (Wildman–Crippen LogP) is 2.98. The SMILES string of the molecule is CC(C)(C)C(C(=O)O)C(=O)Nc1nc2ccccc2s1. The van der Waals surface area contributed by atoms with Crippen molar-refractivity contribution in [2.45, 2.75) is 20.8 Å². The largest absolute Gasteiger partial charge is 0.481 e. The second-order valence-electron chi connectivity index (χ2n) is 5.61. The van der Waals surface area contributed by atoms with Gasteiger partial charge in [0.05, 0.1) is 10.2 Å². The first-order chi connectivity index (χ1) is 9.29. The quantitative estimate of drug-likeness (QED) is 0.852. The van der Waals surface area contributed by atoms with E-state index in [1.807, 2.05) is 24.3 Å². The summed E-state index contributed by atoms with van der Waals surface area (Å²) < 4.78 is 0.949. The van der Waals surface area contributed by atoms with Crippen molar-refractivity contribution in [3.8, 4) is 0 Å². The number of amides is 1. The Morgan fingerprint density at radius 3 is 2.50 bits per heavy atom. The van der Waals surface area contributed by atoms with Crippen LogP contribution in [0.4, 0.5) is 5.13 Å². The lowest BCUT2D eigenvalue weighted by Gasteiger charge is -2.25. The van der Waals surface area contributed by atoms with Crippen molar-refractivity contribution in [1.82, 2.24) is 4.98 Å². The molecule has 0 aliphatic carbocycles. The fourth-order valence-electron chi connectivity index (χ4n) is 1.98. The zero-order valence-electron chi connectivity index (χ0n) is 11.5. The molecule has 0 aliphatic rings. The van der Waals surface area contributed by atoms with Crippen molar-refractivity contribution in [2.24, 2.45) is 11.3 Å². The van der Waals surface area contributed by atoms with E-state index < -0.39 is 23.2 Å². The van der Waals surface area contributed by atoms with Crippen LogP contribution < -0.4 is 5.32 Å². The van der Waals surface area contributed by atoms with E-state index in [1.165, 1.54) is 11.3 Å². The summed E-state index contributed by atoms with van der Waals surface area (Å²) in [5.74, 6) is -2.78. The van der Waals surface area contributed by atoms with Gasteiger partial charge in [-0.2, -0.15) is 0 Å². The monoisotopic (exact) mass is 292 g/mol. The topological polar surface area (TPSA) is 79.3 Å². The van der Waals surface area contributed by atoms with Gasteiger partial charge in [-0.3, -0.25) is 9.59 Å². The van der Waals surface area contributed by atoms with Crippen LogP contribution in [0, 0.1) is 11.3 Å². The van der Waals surface area contributed by atoms with Crippen molar-refractivity contribution in [3.05, 3.63) is 24.3 Å². The number of aliphatic carboxylic acids is 1. The molecule has 2 N–H and O–H groups in total. The smallest absolute Gasteiger partial charge is 0.316 e. The van der Waals surface area contributed by atoms with Gasteiger partial charge >= 0.3 is 5.97 Å². The van der Waals surface area contributed by atoms with Crippen LogP contribution in [0.1, 0.15) is 20.8 Å².